The second kappa shape index (κ2) is 6.41. The zero-order valence-corrected chi connectivity index (χ0v) is 19.6. The van der Waals surface area contributed by atoms with Gasteiger partial charge in [0.05, 0.1) is 0 Å². The highest BCUT2D eigenvalue weighted by atomic mass is 127. The smallest absolute Gasteiger partial charge is 0.0910 e. The first-order valence-corrected chi connectivity index (χ1v) is 25.4. The van der Waals surface area contributed by atoms with E-state index < -0.39 is 1.13 Å². The van der Waals surface area contributed by atoms with Gasteiger partial charge in [-0.05, 0) is 12.1 Å². The van der Waals surface area contributed by atoms with Gasteiger partial charge in [0.1, 0.15) is 0 Å². The fourth-order valence-electron chi connectivity index (χ4n) is 0.283. The third kappa shape index (κ3) is 12.8. The van der Waals surface area contributed by atoms with Gasteiger partial charge >= 0.3 is 0 Å². The Kier molecular flexibility index (Phi) is 9.49. The van der Waals surface area contributed by atoms with Crippen LogP contribution >= 0.6 is 131 Å². The highest BCUT2D eigenvalue weighted by molar-refractivity contribution is 14.4. The molecule has 0 aromatic rings. The monoisotopic (exact) mass is 845 g/mol. The topological polar surface area (TPSA) is 0 Å². The van der Waals surface area contributed by atoms with Crippen molar-refractivity contribution in [1.29, 1.82) is 0 Å². The molecule has 0 fully saturated rings. The molecule has 62 valence electrons. The molecule has 0 radical (unpaired) electrons. The largest absolute Gasteiger partial charge is 0.253 e. The van der Waals surface area contributed by atoms with Crippen LogP contribution < -0.4 is 0 Å². The number of halogens is 6. The van der Waals surface area contributed by atoms with E-state index in [0.29, 0.717) is 0 Å². The molecular formula is C2H4I6Si2. The summed E-state index contributed by atoms with van der Waals surface area (Å²) in [6.07, 6.45) is 0. The van der Waals surface area contributed by atoms with Gasteiger partial charge in [-0.15, -0.1) is 0 Å². The highest BCUT2D eigenvalue weighted by Crippen LogP contribution is 2.42. The molecule has 0 aliphatic rings. The van der Waals surface area contributed by atoms with Gasteiger partial charge in [-0.25, -0.2) is 0 Å². The summed E-state index contributed by atoms with van der Waals surface area (Å²) in [4.78, 5) is 0. The summed E-state index contributed by atoms with van der Waals surface area (Å²) in [6, 6.07) is 2.94. The van der Waals surface area contributed by atoms with Crippen molar-refractivity contribution in [2.45, 2.75) is 12.1 Å². The second-order valence-corrected chi connectivity index (χ2v) is 75.5. The summed E-state index contributed by atoms with van der Waals surface area (Å²) < 4.78 is -1.67. The summed E-state index contributed by atoms with van der Waals surface area (Å²) in [7, 11) is 0. The van der Waals surface area contributed by atoms with Gasteiger partial charge in [0.2, 0.25) is 0 Å². The second-order valence-electron chi connectivity index (χ2n) is 1.73. The van der Waals surface area contributed by atoms with Crippen LogP contribution in [-0.4, -0.2) is 1.13 Å². The molecule has 0 aliphatic heterocycles. The van der Waals surface area contributed by atoms with Gasteiger partial charge in [0.15, 0.2) is 0 Å². The van der Waals surface area contributed by atoms with Gasteiger partial charge in [0.25, 0.3) is 1.13 Å². The van der Waals surface area contributed by atoms with Crippen LogP contribution in [0.15, 0.2) is 0 Å². The highest BCUT2D eigenvalue weighted by Gasteiger charge is 2.29. The van der Waals surface area contributed by atoms with Gasteiger partial charge in [-0.3, -0.25) is 0 Å². The first kappa shape index (κ1) is 14.8. The van der Waals surface area contributed by atoms with Crippen molar-refractivity contribution >= 4 is 132 Å². The number of rotatable bonds is 3. The lowest BCUT2D eigenvalue weighted by Gasteiger charge is -2.13. The minimum absolute atomic E-state index is 0.837. The predicted octanol–water partition coefficient (Wildman–Crippen LogP) is 5.47. The Morgan fingerprint density at radius 2 is 0.800 bits per heavy atom. The maximum absolute atomic E-state index is 2.64. The van der Waals surface area contributed by atoms with Crippen LogP contribution in [0.3, 0.4) is 0 Å². The average Bonchev–Trinajstić information content (AvgIpc) is 1.57. The first-order valence-electron chi connectivity index (χ1n) is 2.34. The molecular weight excluding hydrogens is 842 g/mol. The van der Waals surface area contributed by atoms with Crippen LogP contribution in [0.5, 0.6) is 0 Å². The summed E-state index contributed by atoms with van der Waals surface area (Å²) in [5.74, 6) is 0. The average molecular weight is 846 g/mol. The number of hydrogen-bond acceptors (Lipinski definition) is 0. The van der Waals surface area contributed by atoms with Gasteiger partial charge < -0.3 is 0 Å². The standard InChI is InChI=1S/C2H4I6Si2/c3-9(4,5)1-2-10(6,7)8/h1-2H2. The molecule has 0 heterocycles. The fourth-order valence-corrected chi connectivity index (χ4v) is 17.1. The molecule has 0 aliphatic carbocycles. The lowest BCUT2D eigenvalue weighted by atomic mass is 11.0. The zero-order chi connectivity index (χ0) is 8.41. The molecule has 0 spiro atoms. The van der Waals surface area contributed by atoms with E-state index in [9.17, 15) is 0 Å². The van der Waals surface area contributed by atoms with E-state index in [1.54, 1.807) is 0 Å². The third-order valence-corrected chi connectivity index (χ3v) is 12.5. The number of hydrogen-bond donors (Lipinski definition) is 0. The van der Waals surface area contributed by atoms with Crippen LogP contribution in [0.25, 0.3) is 0 Å². The first-order chi connectivity index (χ1) is 4.21. The minimum atomic E-state index is -0.837. The van der Waals surface area contributed by atoms with E-state index in [-0.39, 0.29) is 0 Å². The van der Waals surface area contributed by atoms with Crippen LogP contribution in [-0.2, 0) is 0 Å². The van der Waals surface area contributed by atoms with Gasteiger partial charge in [-0.1, -0.05) is 131 Å². The molecule has 0 N–H and O–H groups in total. The molecule has 0 atom stereocenters. The zero-order valence-electron chi connectivity index (χ0n) is 4.68. The van der Waals surface area contributed by atoms with E-state index in [1.165, 1.54) is 12.1 Å². The van der Waals surface area contributed by atoms with Gasteiger partial charge in [-0.2, -0.15) is 0 Å². The molecule has 0 saturated heterocycles. The maximum Gasteiger partial charge on any atom is 0.253 e. The van der Waals surface area contributed by atoms with Crippen molar-refractivity contribution in [2.75, 3.05) is 0 Å². The third-order valence-electron chi connectivity index (χ3n) is 0.692. The Labute approximate surface area is 140 Å². The molecule has 0 aromatic carbocycles. The Morgan fingerprint density at radius 1 is 0.600 bits per heavy atom. The van der Waals surface area contributed by atoms with Crippen molar-refractivity contribution in [3.05, 3.63) is 0 Å². The quantitative estimate of drug-likeness (QED) is 0.201. The summed E-state index contributed by atoms with van der Waals surface area (Å²) in [5.41, 5.74) is 0. The summed E-state index contributed by atoms with van der Waals surface area (Å²) in [6.45, 7) is 0. The van der Waals surface area contributed by atoms with E-state index in [0.717, 1.165) is 0 Å². The minimum Gasteiger partial charge on any atom is -0.0910 e. The molecule has 8 heteroatoms. The van der Waals surface area contributed by atoms with Crippen LogP contribution in [0.2, 0.25) is 12.1 Å². The van der Waals surface area contributed by atoms with Crippen molar-refractivity contribution in [2.24, 2.45) is 0 Å². The van der Waals surface area contributed by atoms with Crippen LogP contribution in [0.4, 0.5) is 0 Å². The molecule has 0 unspecified atom stereocenters. The molecule has 0 bridgehead atoms. The Hall–Kier alpha value is 4.81. The fraction of sp³-hybridized carbons (Fsp3) is 1.00. The van der Waals surface area contributed by atoms with Crippen LogP contribution in [0.1, 0.15) is 0 Å². The van der Waals surface area contributed by atoms with Crippen LogP contribution in [0, 0.1) is 0 Å². The lowest BCUT2D eigenvalue weighted by Crippen LogP contribution is -2.12. The molecule has 0 saturated carbocycles. The van der Waals surface area contributed by atoms with E-state index >= 15 is 0 Å². The maximum atomic E-state index is 2.64. The molecule has 0 rings (SSSR count). The predicted molar refractivity (Wildman–Crippen MR) is 105 cm³/mol. The molecule has 0 amide bonds. The van der Waals surface area contributed by atoms with Crippen molar-refractivity contribution < 1.29 is 0 Å². The Balaban J connectivity index is 3.56. The Morgan fingerprint density at radius 3 is 0.900 bits per heavy atom. The van der Waals surface area contributed by atoms with Crippen molar-refractivity contribution in [3.8, 4) is 0 Å². The van der Waals surface area contributed by atoms with Gasteiger partial charge in [0, 0.05) is 0 Å². The molecule has 0 nitrogen and oxygen atoms in total. The normalized spacial score (nSPS) is 13.8. The molecule has 10 heavy (non-hydrogen) atoms. The Bertz CT molecular complexity index is 87.3. The summed E-state index contributed by atoms with van der Waals surface area (Å²) >= 11 is 15.8. The van der Waals surface area contributed by atoms with Crippen molar-refractivity contribution in [3.63, 3.8) is 0 Å². The van der Waals surface area contributed by atoms with Crippen molar-refractivity contribution in [1.82, 2.24) is 0 Å². The van der Waals surface area contributed by atoms with E-state index in [1.807, 2.05) is 0 Å². The summed E-state index contributed by atoms with van der Waals surface area (Å²) in [5, 5.41) is 0. The van der Waals surface area contributed by atoms with E-state index in [2.05, 4.69) is 131 Å². The molecule has 0 aromatic heterocycles. The lowest BCUT2D eigenvalue weighted by molar-refractivity contribution is 1.45. The van der Waals surface area contributed by atoms with E-state index in [4.69, 9.17) is 0 Å². The SMILES string of the molecule is I[Si](I)(I)CC[Si](I)(I)I.